The van der Waals surface area contributed by atoms with E-state index in [9.17, 15) is 15.0 Å². The number of halogens is 1. The van der Waals surface area contributed by atoms with Crippen LogP contribution in [0.2, 0.25) is 5.02 Å². The van der Waals surface area contributed by atoms with Gasteiger partial charge in [-0.3, -0.25) is 4.79 Å². The number of rotatable bonds is 4. The zero-order valence-corrected chi connectivity index (χ0v) is 18.5. The fourth-order valence-corrected chi connectivity index (χ4v) is 4.84. The Kier molecular flexibility index (Phi) is 4.71. The van der Waals surface area contributed by atoms with Crippen LogP contribution in [0.15, 0.2) is 47.0 Å². The number of hydrogen-bond donors (Lipinski definition) is 3. The minimum Gasteiger partial charge on any atom is -0.504 e. The summed E-state index contributed by atoms with van der Waals surface area (Å²) in [5, 5.41) is 28.0. The van der Waals surface area contributed by atoms with Gasteiger partial charge in [-0.15, -0.1) is 0 Å². The second-order valence-electron chi connectivity index (χ2n) is 8.88. The highest BCUT2D eigenvalue weighted by atomic mass is 35.5. The van der Waals surface area contributed by atoms with Crippen molar-refractivity contribution < 1.29 is 19.5 Å². The summed E-state index contributed by atoms with van der Waals surface area (Å²) < 4.78 is 5.33. The van der Waals surface area contributed by atoms with Crippen molar-refractivity contribution in [3.05, 3.63) is 64.5 Å². The molecular formula is C25H22ClN3O4. The number of aromatic nitrogens is 1. The van der Waals surface area contributed by atoms with Crippen LogP contribution in [0, 0.1) is 0 Å². The van der Waals surface area contributed by atoms with Crippen molar-refractivity contribution in [1.82, 2.24) is 5.16 Å². The number of aliphatic hydroxyl groups is 2. The summed E-state index contributed by atoms with van der Waals surface area (Å²) in [5.74, 6) is -0.0874. The Labute approximate surface area is 195 Å². The molecule has 0 radical (unpaired) electrons. The zero-order chi connectivity index (χ0) is 22.7. The lowest BCUT2D eigenvalue weighted by Crippen LogP contribution is -2.20. The Morgan fingerprint density at radius 2 is 1.91 bits per heavy atom. The normalized spacial score (nSPS) is 21.3. The Hall–Kier alpha value is -3.29. The molecule has 1 atom stereocenters. The molecule has 8 heteroatoms. The summed E-state index contributed by atoms with van der Waals surface area (Å²) >= 11 is 6.56. The second kappa shape index (κ2) is 7.64. The van der Waals surface area contributed by atoms with E-state index in [1.807, 2.05) is 30.3 Å². The Morgan fingerprint density at radius 3 is 2.61 bits per heavy atom. The highest BCUT2D eigenvalue weighted by molar-refractivity contribution is 6.38. The molecule has 7 nitrogen and oxygen atoms in total. The van der Waals surface area contributed by atoms with Crippen molar-refractivity contribution >= 4 is 40.2 Å². The van der Waals surface area contributed by atoms with E-state index < -0.39 is 5.91 Å². The molecule has 2 fully saturated rings. The number of nitrogens with zero attached hydrogens (tertiary/aromatic N) is 2. The Bertz CT molecular complexity index is 1290. The lowest BCUT2D eigenvalue weighted by molar-refractivity contribution is -0.110. The number of fused-ring (bicyclic) bond motifs is 1. The summed E-state index contributed by atoms with van der Waals surface area (Å²) in [6.07, 6.45) is 2.60. The molecule has 2 aromatic carbocycles. The molecule has 1 aliphatic carbocycles. The standard InChI is InChI=1S/C25H22ClN3O4/c26-19-10-21-18(9-17(19)13-3-5-15(6-4-13)29-8-7-16(30)12-29)23(25(32)27-21)24(31)22-11-20(28-33-22)14-1-2-14/h3-6,9-11,14,16,30-31H,1-2,7-8,12H2,(H,27,32). The lowest BCUT2D eigenvalue weighted by atomic mass is 9.98. The summed E-state index contributed by atoms with van der Waals surface area (Å²) in [4.78, 5) is 14.9. The van der Waals surface area contributed by atoms with Crippen molar-refractivity contribution in [1.29, 1.82) is 0 Å². The van der Waals surface area contributed by atoms with E-state index in [2.05, 4.69) is 15.4 Å². The maximum Gasteiger partial charge on any atom is 0.260 e. The average molecular weight is 464 g/mol. The number of amides is 1. The van der Waals surface area contributed by atoms with E-state index in [1.54, 1.807) is 12.1 Å². The first-order chi connectivity index (χ1) is 16.0. The molecule has 3 heterocycles. The lowest BCUT2D eigenvalue weighted by Gasteiger charge is -2.18. The second-order valence-corrected chi connectivity index (χ2v) is 9.29. The number of benzene rings is 2. The van der Waals surface area contributed by atoms with E-state index in [-0.39, 0.29) is 23.2 Å². The van der Waals surface area contributed by atoms with Gasteiger partial charge in [-0.1, -0.05) is 28.9 Å². The van der Waals surface area contributed by atoms with Crippen LogP contribution in [0.1, 0.15) is 42.2 Å². The molecule has 1 saturated carbocycles. The molecule has 1 amide bonds. The first-order valence-corrected chi connectivity index (χ1v) is 11.4. The maximum absolute atomic E-state index is 12.7. The molecule has 1 unspecified atom stereocenters. The molecule has 2 aliphatic heterocycles. The summed E-state index contributed by atoms with van der Waals surface area (Å²) in [5.41, 5.74) is 4.73. The predicted molar refractivity (Wildman–Crippen MR) is 126 cm³/mol. The van der Waals surface area contributed by atoms with Crippen molar-refractivity contribution in [3.63, 3.8) is 0 Å². The van der Waals surface area contributed by atoms with E-state index >= 15 is 0 Å². The van der Waals surface area contributed by atoms with Gasteiger partial charge < -0.3 is 25.0 Å². The van der Waals surface area contributed by atoms with Gasteiger partial charge in [0.25, 0.3) is 5.91 Å². The summed E-state index contributed by atoms with van der Waals surface area (Å²) in [7, 11) is 0. The van der Waals surface area contributed by atoms with E-state index in [4.69, 9.17) is 16.1 Å². The van der Waals surface area contributed by atoms with Crippen LogP contribution in [0.4, 0.5) is 11.4 Å². The number of anilines is 2. The van der Waals surface area contributed by atoms with Crippen LogP contribution in [0.5, 0.6) is 0 Å². The molecule has 3 N–H and O–H groups in total. The highest BCUT2D eigenvalue weighted by Gasteiger charge is 2.33. The third kappa shape index (κ3) is 3.57. The van der Waals surface area contributed by atoms with Gasteiger partial charge in [-0.25, -0.2) is 0 Å². The van der Waals surface area contributed by atoms with Crippen molar-refractivity contribution in [3.8, 4) is 11.1 Å². The third-order valence-electron chi connectivity index (χ3n) is 6.55. The molecule has 0 bridgehead atoms. The van der Waals surface area contributed by atoms with Crippen molar-refractivity contribution in [2.24, 2.45) is 0 Å². The fraction of sp³-hybridized carbons (Fsp3) is 0.280. The predicted octanol–water partition coefficient (Wildman–Crippen LogP) is 4.82. The minimum absolute atomic E-state index is 0.143. The quantitative estimate of drug-likeness (QED) is 0.379. The van der Waals surface area contributed by atoms with Gasteiger partial charge >= 0.3 is 0 Å². The number of β-amino-alcohol motifs (C(OH)–C–C–N with tert-alkyl or cyclic N) is 1. The molecule has 1 aromatic heterocycles. The molecule has 1 saturated heterocycles. The number of nitrogens with one attached hydrogen (secondary N) is 1. The van der Waals surface area contributed by atoms with Crippen molar-refractivity contribution in [2.45, 2.75) is 31.3 Å². The van der Waals surface area contributed by atoms with Gasteiger partial charge in [0.1, 0.15) is 0 Å². The van der Waals surface area contributed by atoms with Gasteiger partial charge in [-0.05, 0) is 49.1 Å². The first-order valence-electron chi connectivity index (χ1n) is 11.1. The van der Waals surface area contributed by atoms with E-state index in [0.29, 0.717) is 28.7 Å². The number of carbonyl (C=O) groups is 1. The van der Waals surface area contributed by atoms with Gasteiger partial charge in [0.15, 0.2) is 5.76 Å². The van der Waals surface area contributed by atoms with Crippen LogP contribution in [0.25, 0.3) is 22.5 Å². The summed E-state index contributed by atoms with van der Waals surface area (Å²) in [6.45, 7) is 1.45. The highest BCUT2D eigenvalue weighted by Crippen LogP contribution is 2.44. The van der Waals surface area contributed by atoms with Gasteiger partial charge in [0, 0.05) is 41.9 Å². The van der Waals surface area contributed by atoms with Crippen LogP contribution in [-0.2, 0) is 4.79 Å². The smallest absolute Gasteiger partial charge is 0.260 e. The zero-order valence-electron chi connectivity index (χ0n) is 17.7. The Morgan fingerprint density at radius 1 is 1.12 bits per heavy atom. The third-order valence-corrected chi connectivity index (χ3v) is 6.87. The van der Waals surface area contributed by atoms with Gasteiger partial charge in [0.05, 0.1) is 28.1 Å². The van der Waals surface area contributed by atoms with Crippen molar-refractivity contribution in [2.75, 3.05) is 23.3 Å². The van der Waals surface area contributed by atoms with E-state index in [1.165, 1.54) is 0 Å². The molecule has 3 aromatic rings. The largest absolute Gasteiger partial charge is 0.504 e. The summed E-state index contributed by atoms with van der Waals surface area (Å²) in [6, 6.07) is 13.2. The fourth-order valence-electron chi connectivity index (χ4n) is 4.57. The molecule has 168 valence electrons. The minimum atomic E-state index is -0.414. The van der Waals surface area contributed by atoms with Crippen LogP contribution < -0.4 is 10.2 Å². The van der Waals surface area contributed by atoms with Crippen LogP contribution >= 0.6 is 11.6 Å². The Balaban J connectivity index is 1.37. The van der Waals surface area contributed by atoms with E-state index in [0.717, 1.165) is 48.3 Å². The first kappa shape index (κ1) is 20.3. The molecular weight excluding hydrogens is 442 g/mol. The topological polar surface area (TPSA) is 98.8 Å². The number of carbonyl (C=O) groups excluding carboxylic acids is 1. The number of hydrogen-bond acceptors (Lipinski definition) is 6. The molecule has 3 aliphatic rings. The van der Waals surface area contributed by atoms with Gasteiger partial charge in [-0.2, -0.15) is 0 Å². The SMILES string of the molecule is O=C1Nc2cc(Cl)c(-c3ccc(N4CCC(O)C4)cc3)cc2C1=C(O)c1cc(C2CC2)no1. The molecule has 33 heavy (non-hydrogen) atoms. The van der Waals surface area contributed by atoms with Gasteiger partial charge in [0.2, 0.25) is 5.76 Å². The van der Waals surface area contributed by atoms with Crippen LogP contribution in [-0.4, -0.2) is 40.5 Å². The maximum atomic E-state index is 12.7. The van der Waals surface area contributed by atoms with Crippen LogP contribution in [0.3, 0.4) is 0 Å². The monoisotopic (exact) mass is 463 g/mol. The molecule has 6 rings (SSSR count). The molecule has 0 spiro atoms. The number of aliphatic hydroxyl groups excluding tert-OH is 2. The average Bonchev–Trinajstić information content (AvgIpc) is 3.22.